The van der Waals surface area contributed by atoms with Gasteiger partial charge in [-0.25, -0.2) is 0 Å². The van der Waals surface area contributed by atoms with Gasteiger partial charge in [-0.3, -0.25) is 9.59 Å². The van der Waals surface area contributed by atoms with E-state index in [-0.39, 0.29) is 52.3 Å². The number of hydrogen-bond donors (Lipinski definition) is 1. The van der Waals surface area contributed by atoms with Crippen molar-refractivity contribution in [3.63, 3.8) is 0 Å². The first-order valence-corrected chi connectivity index (χ1v) is 10.6. The molecule has 0 aromatic rings. The fourth-order valence-electron chi connectivity index (χ4n) is 7.68. The molecule has 0 aromatic carbocycles. The second-order valence-electron chi connectivity index (χ2n) is 9.84. The van der Waals surface area contributed by atoms with E-state index in [0.717, 1.165) is 19.3 Å². The molecule has 5 rings (SSSR count). The van der Waals surface area contributed by atoms with Crippen molar-refractivity contribution in [2.24, 2.45) is 28.6 Å². The maximum atomic E-state index is 12.7. The van der Waals surface area contributed by atoms with Crippen molar-refractivity contribution < 1.29 is 19.4 Å². The van der Waals surface area contributed by atoms with Crippen LogP contribution in [-0.2, 0) is 14.3 Å². The summed E-state index contributed by atoms with van der Waals surface area (Å²) in [6, 6.07) is 0. The monoisotopic (exact) mass is 390 g/mol. The van der Waals surface area contributed by atoms with Crippen LogP contribution in [0.25, 0.3) is 0 Å². The Morgan fingerprint density at radius 1 is 1.37 bits per heavy atom. The second kappa shape index (κ2) is 5.14. The molecule has 1 saturated heterocycles. The number of halogens is 1. The van der Waals surface area contributed by atoms with Gasteiger partial charge in [0.2, 0.25) is 0 Å². The average molecular weight is 391 g/mol. The summed E-state index contributed by atoms with van der Waals surface area (Å²) in [4.78, 5) is 24.7. The van der Waals surface area contributed by atoms with Gasteiger partial charge in [0.1, 0.15) is 11.2 Å². The predicted molar refractivity (Wildman–Crippen MR) is 101 cm³/mol. The standard InChI is InChI=1S/C22H27ClO4/c1-12-8-16-15-5-4-13-9-14(24)6-7-19(13,2)22(15)18(27-22)10-20(16,3)21(12,26)17(25)11-23/h6-7,9,12,15-16,18,26H,4-5,8,10-11H2,1-3H3/t12-,15+,16+,18-,19+,20-,21-,22+/m1/s1. The van der Waals surface area contributed by atoms with Gasteiger partial charge >= 0.3 is 0 Å². The molecule has 0 radical (unpaired) electrons. The number of ketones is 2. The van der Waals surface area contributed by atoms with E-state index >= 15 is 0 Å². The lowest BCUT2D eigenvalue weighted by Crippen LogP contribution is -2.62. The van der Waals surface area contributed by atoms with Crippen LogP contribution < -0.4 is 0 Å². The molecule has 146 valence electrons. The molecule has 1 aliphatic heterocycles. The lowest BCUT2D eigenvalue weighted by atomic mass is 9.47. The van der Waals surface area contributed by atoms with Crippen molar-refractivity contribution in [3.05, 3.63) is 23.8 Å². The summed E-state index contributed by atoms with van der Waals surface area (Å²) in [7, 11) is 0. The Bertz CT molecular complexity index is 817. The van der Waals surface area contributed by atoms with Gasteiger partial charge in [0.05, 0.1) is 12.0 Å². The minimum absolute atomic E-state index is 0.00949. The Balaban J connectivity index is 1.60. The molecule has 8 atom stereocenters. The highest BCUT2D eigenvalue weighted by molar-refractivity contribution is 6.29. The highest BCUT2D eigenvalue weighted by Crippen LogP contribution is 2.76. The molecule has 3 saturated carbocycles. The van der Waals surface area contributed by atoms with Gasteiger partial charge in [-0.1, -0.05) is 25.5 Å². The number of carbonyl (C=O) groups is 2. The fourth-order valence-corrected chi connectivity index (χ4v) is 7.88. The van der Waals surface area contributed by atoms with Gasteiger partial charge in [-0.05, 0) is 62.5 Å². The summed E-state index contributed by atoms with van der Waals surface area (Å²) in [5, 5.41) is 11.6. The number of rotatable bonds is 2. The van der Waals surface area contributed by atoms with Crippen LogP contribution in [0.3, 0.4) is 0 Å². The number of Topliss-reactive ketones (excluding diaryl/α,β-unsaturated/α-hetero) is 1. The molecular weight excluding hydrogens is 364 g/mol. The molecule has 0 unspecified atom stereocenters. The van der Waals surface area contributed by atoms with E-state index in [1.165, 1.54) is 5.57 Å². The number of aliphatic hydroxyl groups is 1. The third-order valence-corrected chi connectivity index (χ3v) is 9.30. The quantitative estimate of drug-likeness (QED) is 0.580. The number of fused-ring (bicyclic) bond motifs is 3. The molecule has 1 heterocycles. The van der Waals surface area contributed by atoms with Crippen LogP contribution in [0.5, 0.6) is 0 Å². The van der Waals surface area contributed by atoms with Crippen LogP contribution in [0.15, 0.2) is 23.8 Å². The van der Waals surface area contributed by atoms with Crippen molar-refractivity contribution >= 4 is 23.2 Å². The number of epoxide rings is 1. The van der Waals surface area contributed by atoms with E-state index in [2.05, 4.69) is 13.8 Å². The number of alkyl halides is 1. The highest BCUT2D eigenvalue weighted by atomic mass is 35.5. The summed E-state index contributed by atoms with van der Waals surface area (Å²) in [5.41, 5.74) is -1.29. The van der Waals surface area contributed by atoms with Crippen LogP contribution in [0.4, 0.5) is 0 Å². The van der Waals surface area contributed by atoms with Crippen molar-refractivity contribution in [1.82, 2.24) is 0 Å². The normalized spacial score (nSPS) is 55.1. The summed E-state index contributed by atoms with van der Waals surface area (Å²) in [6.07, 6.45) is 8.83. The van der Waals surface area contributed by atoms with E-state index in [1.807, 2.05) is 13.0 Å². The molecule has 0 amide bonds. The van der Waals surface area contributed by atoms with Gasteiger partial charge in [-0.15, -0.1) is 11.6 Å². The van der Waals surface area contributed by atoms with Crippen LogP contribution in [0, 0.1) is 28.6 Å². The largest absolute Gasteiger partial charge is 0.381 e. The van der Waals surface area contributed by atoms with E-state index < -0.39 is 11.0 Å². The zero-order chi connectivity index (χ0) is 19.4. The molecule has 0 aromatic heterocycles. The predicted octanol–water partition coefficient (Wildman–Crippen LogP) is 3.21. The molecule has 1 N–H and O–H groups in total. The summed E-state index contributed by atoms with van der Waals surface area (Å²) in [6.45, 7) is 6.26. The minimum Gasteiger partial charge on any atom is -0.381 e. The van der Waals surface area contributed by atoms with E-state index in [0.29, 0.717) is 6.42 Å². The molecule has 5 aliphatic rings. The van der Waals surface area contributed by atoms with Crippen LogP contribution >= 0.6 is 11.6 Å². The SMILES string of the molecule is C[C@@H]1C[C@H]2[C@@H]3CCC4=CC(=O)C=C[C@]4(C)[C@]34O[C@@H]4C[C@@]2(C)[C@]1(O)C(=O)CCl. The number of allylic oxidation sites excluding steroid dienone is 2. The summed E-state index contributed by atoms with van der Waals surface area (Å²) < 4.78 is 6.46. The third kappa shape index (κ3) is 1.79. The minimum atomic E-state index is -1.38. The molecule has 0 bridgehead atoms. The Morgan fingerprint density at radius 3 is 2.81 bits per heavy atom. The first kappa shape index (κ1) is 18.1. The lowest BCUT2D eigenvalue weighted by molar-refractivity contribution is -0.160. The highest BCUT2D eigenvalue weighted by Gasteiger charge is 2.81. The number of ether oxygens (including phenoxy) is 1. The average Bonchev–Trinajstić information content (AvgIpc) is 3.31. The smallest absolute Gasteiger partial charge is 0.179 e. The third-order valence-electron chi connectivity index (χ3n) is 9.06. The van der Waals surface area contributed by atoms with Crippen molar-refractivity contribution in [3.8, 4) is 0 Å². The van der Waals surface area contributed by atoms with Gasteiger partial charge < -0.3 is 9.84 Å². The molecule has 1 spiro atoms. The van der Waals surface area contributed by atoms with Crippen LogP contribution in [0.2, 0.25) is 0 Å². The zero-order valence-electron chi connectivity index (χ0n) is 16.1. The Kier molecular flexibility index (Phi) is 3.44. The topological polar surface area (TPSA) is 66.9 Å². The number of carbonyl (C=O) groups excluding carboxylic acids is 2. The molecule has 4 fully saturated rings. The van der Waals surface area contributed by atoms with Crippen molar-refractivity contribution in [1.29, 1.82) is 0 Å². The first-order valence-electron chi connectivity index (χ1n) is 10.1. The lowest BCUT2D eigenvalue weighted by Gasteiger charge is -2.55. The van der Waals surface area contributed by atoms with Gasteiger partial charge in [0.15, 0.2) is 11.6 Å². The van der Waals surface area contributed by atoms with Crippen LogP contribution in [0.1, 0.15) is 46.5 Å². The molecule has 5 heteroatoms. The van der Waals surface area contributed by atoms with Crippen LogP contribution in [-0.4, -0.2) is 39.9 Å². The maximum absolute atomic E-state index is 12.7. The van der Waals surface area contributed by atoms with Gasteiger partial charge in [0.25, 0.3) is 0 Å². The first-order chi connectivity index (χ1) is 12.6. The maximum Gasteiger partial charge on any atom is 0.179 e. The van der Waals surface area contributed by atoms with Gasteiger partial charge in [-0.2, -0.15) is 0 Å². The zero-order valence-corrected chi connectivity index (χ0v) is 16.9. The number of hydrogen-bond acceptors (Lipinski definition) is 4. The fraction of sp³-hybridized carbons (Fsp3) is 0.727. The van der Waals surface area contributed by atoms with E-state index in [4.69, 9.17) is 16.3 Å². The molecule has 27 heavy (non-hydrogen) atoms. The van der Waals surface area contributed by atoms with E-state index in [1.54, 1.807) is 12.2 Å². The summed E-state index contributed by atoms with van der Waals surface area (Å²) in [5.74, 6) is 0.0439. The van der Waals surface area contributed by atoms with E-state index in [9.17, 15) is 14.7 Å². The molecular formula is C22H27ClO4. The summed E-state index contributed by atoms with van der Waals surface area (Å²) >= 11 is 5.90. The molecule has 4 nitrogen and oxygen atoms in total. The second-order valence-corrected chi connectivity index (χ2v) is 10.1. The van der Waals surface area contributed by atoms with Crippen molar-refractivity contribution in [2.45, 2.75) is 63.8 Å². The van der Waals surface area contributed by atoms with Gasteiger partial charge in [0, 0.05) is 10.8 Å². The Labute approximate surface area is 165 Å². The molecule has 4 aliphatic carbocycles. The van der Waals surface area contributed by atoms with Crippen molar-refractivity contribution in [2.75, 3.05) is 5.88 Å². The Hall–Kier alpha value is -0.970. The Morgan fingerprint density at radius 2 is 2.11 bits per heavy atom.